The molecule has 0 saturated heterocycles. The molecule has 4 heteroatoms. The summed E-state index contributed by atoms with van der Waals surface area (Å²) < 4.78 is 13.2. The summed E-state index contributed by atoms with van der Waals surface area (Å²) in [5, 5.41) is 9.10. The molecule has 94 valence electrons. The Morgan fingerprint density at radius 2 is 2.00 bits per heavy atom. The van der Waals surface area contributed by atoms with Crippen LogP contribution in [0, 0.1) is 11.2 Å². The van der Waals surface area contributed by atoms with Crippen LogP contribution < -0.4 is 4.90 Å². The normalized spacial score (nSPS) is 11.4. The Morgan fingerprint density at radius 3 is 2.47 bits per heavy atom. The molecule has 0 bridgehead atoms. The third-order valence-electron chi connectivity index (χ3n) is 2.74. The molecule has 0 saturated carbocycles. The van der Waals surface area contributed by atoms with Crippen LogP contribution in [0.15, 0.2) is 18.2 Å². The predicted molar refractivity (Wildman–Crippen MR) is 65.8 cm³/mol. The molecule has 0 aliphatic carbocycles. The minimum atomic E-state index is -0.859. The average molecular weight is 239 g/mol. The molecule has 0 atom stereocenters. The van der Waals surface area contributed by atoms with Gasteiger partial charge in [0.25, 0.3) is 0 Å². The van der Waals surface area contributed by atoms with Gasteiger partial charge >= 0.3 is 5.97 Å². The fraction of sp³-hybridized carbons (Fsp3) is 0.462. The second kappa shape index (κ2) is 4.73. The van der Waals surface area contributed by atoms with Gasteiger partial charge in [0.1, 0.15) is 5.82 Å². The molecule has 3 nitrogen and oxygen atoms in total. The zero-order chi connectivity index (χ0) is 13.2. The number of benzene rings is 1. The summed E-state index contributed by atoms with van der Waals surface area (Å²) >= 11 is 0. The van der Waals surface area contributed by atoms with Crippen molar-refractivity contribution >= 4 is 11.7 Å². The molecular formula is C13H18FNO2. The summed E-state index contributed by atoms with van der Waals surface area (Å²) in [4.78, 5) is 12.9. The van der Waals surface area contributed by atoms with Crippen LogP contribution in [0.4, 0.5) is 10.1 Å². The topological polar surface area (TPSA) is 40.5 Å². The van der Waals surface area contributed by atoms with Crippen molar-refractivity contribution in [2.75, 3.05) is 19.0 Å². The quantitative estimate of drug-likeness (QED) is 0.877. The highest BCUT2D eigenvalue weighted by atomic mass is 19.1. The van der Waals surface area contributed by atoms with Gasteiger partial charge in [-0.1, -0.05) is 6.07 Å². The van der Waals surface area contributed by atoms with E-state index < -0.39 is 11.4 Å². The summed E-state index contributed by atoms with van der Waals surface area (Å²) in [5.74, 6) is -1.17. The highest BCUT2D eigenvalue weighted by molar-refractivity contribution is 5.74. The molecule has 1 aromatic carbocycles. The number of hydrogen-bond acceptors (Lipinski definition) is 2. The van der Waals surface area contributed by atoms with Gasteiger partial charge in [0.15, 0.2) is 0 Å². The van der Waals surface area contributed by atoms with Gasteiger partial charge in [-0.2, -0.15) is 0 Å². The first-order chi connectivity index (χ1) is 7.74. The Kier molecular flexibility index (Phi) is 3.76. The van der Waals surface area contributed by atoms with Crippen LogP contribution in [0.1, 0.15) is 19.4 Å². The Bertz CT molecular complexity index is 427. The first-order valence-electron chi connectivity index (χ1n) is 5.43. The van der Waals surface area contributed by atoms with Gasteiger partial charge in [0.2, 0.25) is 0 Å². The van der Waals surface area contributed by atoms with Crippen molar-refractivity contribution in [3.63, 3.8) is 0 Å². The van der Waals surface area contributed by atoms with Crippen LogP contribution in [0.25, 0.3) is 0 Å². The van der Waals surface area contributed by atoms with Crippen LogP contribution in [0.3, 0.4) is 0 Å². The molecule has 0 radical (unpaired) electrons. The lowest BCUT2D eigenvalue weighted by molar-refractivity contribution is -0.146. The molecule has 0 aromatic heterocycles. The number of carboxylic acid groups (broad SMARTS) is 1. The lowest BCUT2D eigenvalue weighted by atomic mass is 9.85. The highest BCUT2D eigenvalue weighted by Gasteiger charge is 2.28. The lowest BCUT2D eigenvalue weighted by Gasteiger charge is -2.23. The zero-order valence-corrected chi connectivity index (χ0v) is 10.6. The largest absolute Gasteiger partial charge is 0.481 e. The third kappa shape index (κ3) is 3.19. The van der Waals surface area contributed by atoms with Gasteiger partial charge in [0, 0.05) is 19.8 Å². The number of rotatable bonds is 4. The zero-order valence-electron chi connectivity index (χ0n) is 10.6. The summed E-state index contributed by atoms with van der Waals surface area (Å²) in [6, 6.07) is 4.43. The summed E-state index contributed by atoms with van der Waals surface area (Å²) in [7, 11) is 3.62. The van der Waals surface area contributed by atoms with Crippen LogP contribution in [-0.2, 0) is 11.2 Å². The molecule has 0 aliphatic rings. The number of halogens is 1. The van der Waals surface area contributed by atoms with Crippen molar-refractivity contribution in [2.45, 2.75) is 20.3 Å². The first-order valence-corrected chi connectivity index (χ1v) is 5.43. The molecule has 0 spiro atoms. The number of carboxylic acids is 1. The van der Waals surface area contributed by atoms with E-state index in [0.717, 1.165) is 11.3 Å². The number of carbonyl (C=O) groups is 1. The van der Waals surface area contributed by atoms with Crippen molar-refractivity contribution in [3.05, 3.63) is 29.6 Å². The smallest absolute Gasteiger partial charge is 0.309 e. The van der Waals surface area contributed by atoms with E-state index in [0.29, 0.717) is 6.42 Å². The van der Waals surface area contributed by atoms with Gasteiger partial charge in [-0.25, -0.2) is 4.39 Å². The number of anilines is 1. The minimum Gasteiger partial charge on any atom is -0.481 e. The van der Waals surface area contributed by atoms with Crippen LogP contribution in [0.2, 0.25) is 0 Å². The number of hydrogen-bond donors (Lipinski definition) is 1. The molecule has 0 fully saturated rings. The van der Waals surface area contributed by atoms with Gasteiger partial charge in [-0.05, 0) is 38.0 Å². The van der Waals surface area contributed by atoms with Crippen molar-refractivity contribution in [1.29, 1.82) is 0 Å². The number of nitrogens with zero attached hydrogens (tertiary/aromatic N) is 1. The molecule has 17 heavy (non-hydrogen) atoms. The molecule has 0 amide bonds. The maximum Gasteiger partial charge on any atom is 0.309 e. The summed E-state index contributed by atoms with van der Waals surface area (Å²) in [6.07, 6.45) is 0.371. The van der Waals surface area contributed by atoms with Crippen molar-refractivity contribution in [3.8, 4) is 0 Å². The molecule has 0 aliphatic heterocycles. The second-order valence-electron chi connectivity index (χ2n) is 5.03. The first kappa shape index (κ1) is 13.5. The van der Waals surface area contributed by atoms with Crippen LogP contribution >= 0.6 is 0 Å². The molecule has 1 N–H and O–H groups in total. The van der Waals surface area contributed by atoms with Crippen LogP contribution in [0.5, 0.6) is 0 Å². The third-order valence-corrected chi connectivity index (χ3v) is 2.74. The van der Waals surface area contributed by atoms with Crippen molar-refractivity contribution in [2.24, 2.45) is 5.41 Å². The molecule has 1 rings (SSSR count). The number of aliphatic carboxylic acids is 1. The lowest BCUT2D eigenvalue weighted by Crippen LogP contribution is -2.27. The Labute approximate surface area is 101 Å². The van der Waals surface area contributed by atoms with Crippen molar-refractivity contribution in [1.82, 2.24) is 0 Å². The Morgan fingerprint density at radius 1 is 1.41 bits per heavy atom. The molecule has 1 aromatic rings. The van der Waals surface area contributed by atoms with Gasteiger partial charge in [0.05, 0.1) is 5.41 Å². The fourth-order valence-corrected chi connectivity index (χ4v) is 1.65. The van der Waals surface area contributed by atoms with E-state index in [2.05, 4.69) is 0 Å². The maximum atomic E-state index is 13.2. The highest BCUT2D eigenvalue weighted by Crippen LogP contribution is 2.28. The van der Waals surface area contributed by atoms with E-state index in [9.17, 15) is 9.18 Å². The van der Waals surface area contributed by atoms with Crippen molar-refractivity contribution < 1.29 is 14.3 Å². The summed E-state index contributed by atoms with van der Waals surface area (Å²) in [5.41, 5.74) is 0.700. The van der Waals surface area contributed by atoms with Gasteiger partial charge in [-0.15, -0.1) is 0 Å². The van der Waals surface area contributed by atoms with E-state index in [1.165, 1.54) is 12.1 Å². The summed E-state index contributed by atoms with van der Waals surface area (Å²) in [6.45, 7) is 3.33. The average Bonchev–Trinajstić information content (AvgIpc) is 2.19. The molecule has 0 unspecified atom stereocenters. The Hall–Kier alpha value is -1.58. The Balaban J connectivity index is 3.10. The molecular weight excluding hydrogens is 221 g/mol. The van der Waals surface area contributed by atoms with E-state index in [1.54, 1.807) is 24.8 Å². The fourth-order valence-electron chi connectivity index (χ4n) is 1.65. The standard InChI is InChI=1S/C13H18FNO2/c1-13(2,12(16)17)8-9-5-6-10(14)7-11(9)15(3)4/h5-7H,8H2,1-4H3,(H,16,17). The van der Waals surface area contributed by atoms with Gasteiger partial charge < -0.3 is 10.0 Å². The predicted octanol–water partition coefficient (Wildman–Crippen LogP) is 2.54. The van der Waals surface area contributed by atoms with Crippen LogP contribution in [-0.4, -0.2) is 25.2 Å². The monoisotopic (exact) mass is 239 g/mol. The van der Waals surface area contributed by atoms with E-state index in [4.69, 9.17) is 5.11 Å². The van der Waals surface area contributed by atoms with E-state index in [-0.39, 0.29) is 5.82 Å². The van der Waals surface area contributed by atoms with Gasteiger partial charge in [-0.3, -0.25) is 4.79 Å². The SMILES string of the molecule is CN(C)c1cc(F)ccc1CC(C)(C)C(=O)O. The minimum absolute atomic E-state index is 0.314. The van der Waals surface area contributed by atoms with E-state index >= 15 is 0 Å². The van der Waals surface area contributed by atoms with E-state index in [1.807, 2.05) is 14.1 Å². The maximum absolute atomic E-state index is 13.2. The molecule has 0 heterocycles. The second-order valence-corrected chi connectivity index (χ2v) is 5.03.